The molecule has 3 N–H and O–H groups in total. The summed E-state index contributed by atoms with van der Waals surface area (Å²) in [5.74, 6) is -0.378. The second-order valence-corrected chi connectivity index (χ2v) is 4.85. The van der Waals surface area contributed by atoms with E-state index in [0.29, 0.717) is 18.4 Å². The van der Waals surface area contributed by atoms with Crippen molar-refractivity contribution >= 4 is 11.1 Å². The van der Waals surface area contributed by atoms with Crippen molar-refractivity contribution in [3.8, 4) is 0 Å². The van der Waals surface area contributed by atoms with Crippen LogP contribution in [-0.2, 0) is 12.6 Å². The second-order valence-electron chi connectivity index (χ2n) is 4.85. The van der Waals surface area contributed by atoms with Crippen molar-refractivity contribution in [1.29, 1.82) is 0 Å². The molecule has 1 heterocycles. The topological polar surface area (TPSA) is 81.4 Å². The maximum Gasteiger partial charge on any atom is 0.419 e. The van der Waals surface area contributed by atoms with Crippen molar-refractivity contribution in [3.63, 3.8) is 0 Å². The predicted octanol–water partition coefficient (Wildman–Crippen LogP) is 1.08. The molecule has 0 radical (unpaired) electrons. The van der Waals surface area contributed by atoms with Gasteiger partial charge in [0, 0.05) is 19.2 Å². The van der Waals surface area contributed by atoms with Crippen LogP contribution in [0.2, 0.25) is 0 Å². The van der Waals surface area contributed by atoms with Crippen LogP contribution in [0.4, 0.5) is 0 Å². The molecule has 2 rings (SSSR count). The van der Waals surface area contributed by atoms with Crippen LogP contribution in [0.15, 0.2) is 27.4 Å². The molecular formula is C13H18N2O3. The Morgan fingerprint density at radius 2 is 2.22 bits per heavy atom. The Morgan fingerprint density at radius 3 is 2.89 bits per heavy atom. The third-order valence-corrected chi connectivity index (χ3v) is 3.31. The molecule has 1 aromatic heterocycles. The Bertz CT molecular complexity index is 610. The van der Waals surface area contributed by atoms with Crippen LogP contribution in [-0.4, -0.2) is 16.3 Å². The summed E-state index contributed by atoms with van der Waals surface area (Å²) < 4.78 is 6.53. The van der Waals surface area contributed by atoms with Crippen molar-refractivity contribution in [1.82, 2.24) is 4.57 Å². The molecule has 18 heavy (non-hydrogen) atoms. The Hall–Kier alpha value is -1.59. The number of aliphatic hydroxyl groups is 1. The van der Waals surface area contributed by atoms with Crippen LogP contribution in [0.3, 0.4) is 0 Å². The second kappa shape index (κ2) is 4.59. The van der Waals surface area contributed by atoms with Gasteiger partial charge in [-0.2, -0.15) is 0 Å². The smallest absolute Gasteiger partial charge is 0.408 e. The number of rotatable bonds is 4. The summed E-state index contributed by atoms with van der Waals surface area (Å²) in [4.78, 5) is 11.4. The van der Waals surface area contributed by atoms with E-state index in [-0.39, 0.29) is 12.4 Å². The number of hydrogen-bond acceptors (Lipinski definition) is 4. The molecule has 0 saturated carbocycles. The number of nitrogens with two attached hydrogens (primary N) is 1. The number of nitrogens with zero attached hydrogens (tertiary/aromatic N) is 1. The van der Waals surface area contributed by atoms with Gasteiger partial charge in [0.2, 0.25) is 0 Å². The lowest BCUT2D eigenvalue weighted by Crippen LogP contribution is -2.33. The number of aromatic nitrogens is 1. The molecule has 0 fully saturated rings. The minimum absolute atomic E-state index is 0.124. The molecule has 0 aliphatic heterocycles. The molecule has 1 unspecified atom stereocenters. The van der Waals surface area contributed by atoms with Crippen molar-refractivity contribution < 1.29 is 9.52 Å². The van der Waals surface area contributed by atoms with Gasteiger partial charge in [0.1, 0.15) is 0 Å². The Balaban J connectivity index is 2.46. The highest BCUT2D eigenvalue weighted by Gasteiger charge is 2.21. The average molecular weight is 250 g/mol. The summed E-state index contributed by atoms with van der Waals surface area (Å²) in [6.07, 6.45) is 1.33. The van der Waals surface area contributed by atoms with Crippen LogP contribution in [0.25, 0.3) is 11.1 Å². The van der Waals surface area contributed by atoms with E-state index in [1.165, 1.54) is 4.57 Å². The van der Waals surface area contributed by atoms with Gasteiger partial charge in [0.15, 0.2) is 5.58 Å². The first kappa shape index (κ1) is 12.9. The van der Waals surface area contributed by atoms with Gasteiger partial charge in [-0.3, -0.25) is 4.57 Å². The largest absolute Gasteiger partial charge is 0.419 e. The highest BCUT2D eigenvalue weighted by Crippen LogP contribution is 2.26. The van der Waals surface area contributed by atoms with Crippen LogP contribution >= 0.6 is 0 Å². The first-order valence-corrected chi connectivity index (χ1v) is 5.95. The zero-order chi connectivity index (χ0) is 13.3. The lowest BCUT2D eigenvalue weighted by Gasteiger charge is -2.25. The van der Waals surface area contributed by atoms with Crippen molar-refractivity contribution in [2.24, 2.45) is 12.8 Å². The maximum absolute atomic E-state index is 11.4. The molecule has 1 atom stereocenters. The fraction of sp³-hybridized carbons (Fsp3) is 0.462. The number of benzene rings is 1. The molecule has 0 aliphatic carbocycles. The third-order valence-electron chi connectivity index (χ3n) is 3.31. The monoisotopic (exact) mass is 250 g/mol. The molecule has 5 nitrogen and oxygen atoms in total. The quantitative estimate of drug-likeness (QED) is 0.850. The third kappa shape index (κ3) is 2.19. The normalized spacial score (nSPS) is 14.9. The average Bonchev–Trinajstić information content (AvgIpc) is 2.62. The van der Waals surface area contributed by atoms with E-state index in [1.807, 2.05) is 19.1 Å². The summed E-state index contributed by atoms with van der Waals surface area (Å²) in [7, 11) is 1.67. The Labute approximate surface area is 105 Å². The fourth-order valence-corrected chi connectivity index (χ4v) is 2.07. The molecular weight excluding hydrogens is 232 g/mol. The number of hydrogen-bond donors (Lipinski definition) is 2. The first-order chi connectivity index (χ1) is 8.45. The van der Waals surface area contributed by atoms with Crippen LogP contribution < -0.4 is 11.5 Å². The lowest BCUT2D eigenvalue weighted by atomic mass is 9.88. The van der Waals surface area contributed by atoms with Crippen LogP contribution in [0, 0.1) is 0 Å². The highest BCUT2D eigenvalue weighted by molar-refractivity contribution is 5.74. The van der Waals surface area contributed by atoms with Gasteiger partial charge in [0.25, 0.3) is 0 Å². The zero-order valence-electron chi connectivity index (χ0n) is 10.6. The number of aryl methyl sites for hydroxylation is 1. The minimum Gasteiger partial charge on any atom is -0.408 e. The molecule has 5 heteroatoms. The summed E-state index contributed by atoms with van der Waals surface area (Å²) in [6, 6.07) is 5.50. The van der Waals surface area contributed by atoms with Gasteiger partial charge in [-0.05, 0) is 37.5 Å². The van der Waals surface area contributed by atoms with Gasteiger partial charge in [-0.25, -0.2) is 4.79 Å². The van der Waals surface area contributed by atoms with E-state index in [4.69, 9.17) is 15.3 Å². The number of oxazole rings is 1. The van der Waals surface area contributed by atoms with Crippen LogP contribution in [0.1, 0.15) is 25.3 Å². The van der Waals surface area contributed by atoms with Gasteiger partial charge in [-0.15, -0.1) is 0 Å². The summed E-state index contributed by atoms with van der Waals surface area (Å²) in [5.41, 5.74) is 7.94. The van der Waals surface area contributed by atoms with E-state index in [2.05, 4.69) is 0 Å². The Morgan fingerprint density at radius 1 is 1.50 bits per heavy atom. The number of fused-ring (bicyclic) bond motifs is 1. The fourth-order valence-electron chi connectivity index (χ4n) is 2.07. The van der Waals surface area contributed by atoms with Gasteiger partial charge < -0.3 is 15.3 Å². The highest BCUT2D eigenvalue weighted by atomic mass is 16.4. The van der Waals surface area contributed by atoms with Gasteiger partial charge >= 0.3 is 5.76 Å². The number of aliphatic hydroxyl groups excluding tert-OH is 1. The van der Waals surface area contributed by atoms with E-state index in [1.54, 1.807) is 13.1 Å². The van der Waals surface area contributed by atoms with E-state index >= 15 is 0 Å². The molecule has 2 aromatic rings. The van der Waals surface area contributed by atoms with Crippen molar-refractivity contribution in [3.05, 3.63) is 34.3 Å². The molecule has 0 aliphatic rings. The summed E-state index contributed by atoms with van der Waals surface area (Å²) in [5, 5.41) is 8.88. The maximum atomic E-state index is 11.4. The van der Waals surface area contributed by atoms with Crippen molar-refractivity contribution in [2.45, 2.75) is 25.3 Å². The molecule has 0 spiro atoms. The first-order valence-electron chi connectivity index (χ1n) is 5.95. The molecule has 0 bridgehead atoms. The lowest BCUT2D eigenvalue weighted by molar-refractivity contribution is 0.266. The summed E-state index contributed by atoms with van der Waals surface area (Å²) >= 11 is 0. The molecule has 0 saturated heterocycles. The van der Waals surface area contributed by atoms with Crippen molar-refractivity contribution in [2.75, 3.05) is 6.61 Å². The predicted molar refractivity (Wildman–Crippen MR) is 69.3 cm³/mol. The van der Waals surface area contributed by atoms with E-state index < -0.39 is 5.54 Å². The SMILES string of the molecule is Cn1c(=O)oc2ccc(C(C)(N)CCCO)cc21. The Kier molecular flexibility index (Phi) is 3.28. The van der Waals surface area contributed by atoms with Gasteiger partial charge in [0.05, 0.1) is 5.52 Å². The van der Waals surface area contributed by atoms with Crippen LogP contribution in [0.5, 0.6) is 0 Å². The van der Waals surface area contributed by atoms with E-state index in [9.17, 15) is 4.79 Å². The standard InChI is InChI=1S/C13H18N2O3/c1-13(14,6-3-7-16)9-4-5-11-10(8-9)15(2)12(17)18-11/h4-5,8,16H,3,6-7,14H2,1-2H3. The molecule has 1 aromatic carbocycles. The van der Waals surface area contributed by atoms with E-state index in [0.717, 1.165) is 11.1 Å². The minimum atomic E-state index is -0.524. The molecule has 0 amide bonds. The molecule has 98 valence electrons. The zero-order valence-corrected chi connectivity index (χ0v) is 10.6. The summed E-state index contributed by atoms with van der Waals surface area (Å²) in [6.45, 7) is 2.04. The van der Waals surface area contributed by atoms with Gasteiger partial charge in [-0.1, -0.05) is 6.07 Å².